The fourth-order valence-corrected chi connectivity index (χ4v) is 3.96. The first-order valence-electron chi connectivity index (χ1n) is 9.48. The van der Waals surface area contributed by atoms with Crippen LogP contribution in [0.15, 0.2) is 72.8 Å². The zero-order valence-corrected chi connectivity index (χ0v) is 18.0. The SMILES string of the molecule is COCc1cccc(NC(=O)c2ccc(CN(c3ccccc3F)S(C)(=O)=O)cc2)c1. The van der Waals surface area contributed by atoms with E-state index in [2.05, 4.69) is 5.32 Å². The van der Waals surface area contributed by atoms with Crippen molar-refractivity contribution in [3.8, 4) is 0 Å². The first kappa shape index (κ1) is 22.5. The smallest absolute Gasteiger partial charge is 0.255 e. The summed E-state index contributed by atoms with van der Waals surface area (Å²) in [5.74, 6) is -0.921. The van der Waals surface area contributed by atoms with Crippen LogP contribution in [0.4, 0.5) is 15.8 Å². The summed E-state index contributed by atoms with van der Waals surface area (Å²) in [5, 5.41) is 2.82. The third kappa shape index (κ3) is 5.90. The number of nitrogens with zero attached hydrogens (tertiary/aromatic N) is 1. The number of hydrogen-bond acceptors (Lipinski definition) is 4. The highest BCUT2D eigenvalue weighted by Crippen LogP contribution is 2.24. The maximum Gasteiger partial charge on any atom is 0.255 e. The molecule has 31 heavy (non-hydrogen) atoms. The molecule has 0 heterocycles. The highest BCUT2D eigenvalue weighted by atomic mass is 32.2. The second-order valence-corrected chi connectivity index (χ2v) is 8.91. The molecule has 0 aliphatic rings. The van der Waals surface area contributed by atoms with E-state index in [0.29, 0.717) is 23.4 Å². The largest absolute Gasteiger partial charge is 0.380 e. The average Bonchev–Trinajstić information content (AvgIpc) is 2.73. The van der Waals surface area contributed by atoms with Gasteiger partial charge in [-0.05, 0) is 47.5 Å². The van der Waals surface area contributed by atoms with Crippen LogP contribution in [0, 0.1) is 5.82 Å². The van der Waals surface area contributed by atoms with Crippen LogP contribution in [-0.2, 0) is 27.9 Å². The van der Waals surface area contributed by atoms with E-state index in [1.54, 1.807) is 43.5 Å². The molecule has 0 aliphatic heterocycles. The van der Waals surface area contributed by atoms with Gasteiger partial charge in [-0.2, -0.15) is 0 Å². The number of anilines is 2. The van der Waals surface area contributed by atoms with Crippen molar-refractivity contribution in [3.63, 3.8) is 0 Å². The lowest BCUT2D eigenvalue weighted by atomic mass is 10.1. The zero-order chi connectivity index (χ0) is 22.4. The number of nitrogens with one attached hydrogen (secondary N) is 1. The van der Waals surface area contributed by atoms with E-state index in [1.165, 1.54) is 18.2 Å². The van der Waals surface area contributed by atoms with Crippen molar-refractivity contribution in [2.75, 3.05) is 23.0 Å². The molecule has 0 fully saturated rings. The molecule has 0 aliphatic carbocycles. The molecular weight excluding hydrogens is 419 g/mol. The summed E-state index contributed by atoms with van der Waals surface area (Å²) >= 11 is 0. The summed E-state index contributed by atoms with van der Waals surface area (Å²) in [7, 11) is -2.11. The molecule has 3 aromatic carbocycles. The predicted molar refractivity (Wildman–Crippen MR) is 119 cm³/mol. The van der Waals surface area contributed by atoms with E-state index in [-0.39, 0.29) is 18.1 Å². The van der Waals surface area contributed by atoms with E-state index in [0.717, 1.165) is 16.1 Å². The number of rotatable bonds is 8. The van der Waals surface area contributed by atoms with E-state index in [4.69, 9.17) is 4.74 Å². The number of carbonyl (C=O) groups is 1. The fraction of sp³-hybridized carbons (Fsp3) is 0.174. The van der Waals surface area contributed by atoms with Gasteiger partial charge in [0.25, 0.3) is 5.91 Å². The Bertz CT molecular complexity index is 1160. The molecule has 8 heteroatoms. The van der Waals surface area contributed by atoms with Gasteiger partial charge < -0.3 is 10.1 Å². The normalized spacial score (nSPS) is 11.2. The number of amides is 1. The van der Waals surface area contributed by atoms with Crippen LogP contribution >= 0.6 is 0 Å². The van der Waals surface area contributed by atoms with Crippen LogP contribution in [0.5, 0.6) is 0 Å². The van der Waals surface area contributed by atoms with Crippen LogP contribution in [0.25, 0.3) is 0 Å². The van der Waals surface area contributed by atoms with E-state index < -0.39 is 15.8 Å². The van der Waals surface area contributed by atoms with Crippen molar-refractivity contribution in [2.45, 2.75) is 13.2 Å². The third-order valence-corrected chi connectivity index (χ3v) is 5.69. The lowest BCUT2D eigenvalue weighted by molar-refractivity contribution is 0.102. The Kier molecular flexibility index (Phi) is 7.04. The lowest BCUT2D eigenvalue weighted by Crippen LogP contribution is -2.30. The zero-order valence-electron chi connectivity index (χ0n) is 17.2. The molecule has 1 amide bonds. The minimum atomic E-state index is -3.71. The molecule has 0 unspecified atom stereocenters. The predicted octanol–water partition coefficient (Wildman–Crippen LogP) is 4.19. The van der Waals surface area contributed by atoms with Gasteiger partial charge in [0.15, 0.2) is 0 Å². The molecular formula is C23H23FN2O4S. The van der Waals surface area contributed by atoms with Crippen molar-refractivity contribution < 1.29 is 22.3 Å². The molecule has 3 rings (SSSR count). The molecule has 3 aromatic rings. The molecule has 0 saturated carbocycles. The molecule has 0 radical (unpaired) electrons. The Morgan fingerprint density at radius 2 is 1.71 bits per heavy atom. The molecule has 0 spiro atoms. The Morgan fingerprint density at radius 1 is 1.00 bits per heavy atom. The molecule has 0 bridgehead atoms. The standard InChI is InChI=1S/C23H23FN2O4S/c1-30-16-18-6-5-7-20(14-18)25-23(27)19-12-10-17(11-13-19)15-26(31(2,28)29)22-9-4-3-8-21(22)24/h3-14H,15-16H2,1-2H3,(H,25,27). The fourth-order valence-electron chi connectivity index (χ4n) is 3.07. The number of halogens is 1. The average molecular weight is 443 g/mol. The highest BCUT2D eigenvalue weighted by Gasteiger charge is 2.21. The van der Waals surface area contributed by atoms with Gasteiger partial charge in [0.1, 0.15) is 5.82 Å². The maximum absolute atomic E-state index is 14.2. The van der Waals surface area contributed by atoms with Crippen LogP contribution in [-0.4, -0.2) is 27.7 Å². The number of methoxy groups -OCH3 is 1. The molecule has 0 atom stereocenters. The van der Waals surface area contributed by atoms with Gasteiger partial charge in [-0.15, -0.1) is 0 Å². The van der Waals surface area contributed by atoms with Gasteiger partial charge in [-0.1, -0.05) is 36.4 Å². The molecule has 6 nitrogen and oxygen atoms in total. The molecule has 1 N–H and O–H groups in total. The Labute approximate surface area is 181 Å². The van der Waals surface area contributed by atoms with Crippen molar-refractivity contribution >= 4 is 27.3 Å². The van der Waals surface area contributed by atoms with Crippen LogP contribution < -0.4 is 9.62 Å². The number of ether oxygens (including phenoxy) is 1. The topological polar surface area (TPSA) is 75.7 Å². The van der Waals surface area contributed by atoms with Gasteiger partial charge in [-0.3, -0.25) is 9.10 Å². The minimum Gasteiger partial charge on any atom is -0.380 e. The third-order valence-electron chi connectivity index (χ3n) is 4.56. The quantitative estimate of drug-likeness (QED) is 0.568. The van der Waals surface area contributed by atoms with Crippen LogP contribution in [0.3, 0.4) is 0 Å². The molecule has 0 saturated heterocycles. The van der Waals surface area contributed by atoms with Crippen molar-refractivity contribution in [1.82, 2.24) is 0 Å². The van der Waals surface area contributed by atoms with Gasteiger partial charge in [-0.25, -0.2) is 12.8 Å². The second kappa shape index (κ2) is 9.72. The number of hydrogen-bond donors (Lipinski definition) is 1. The lowest BCUT2D eigenvalue weighted by Gasteiger charge is -2.23. The summed E-state index contributed by atoms with van der Waals surface area (Å²) in [6.45, 7) is 0.387. The summed E-state index contributed by atoms with van der Waals surface area (Å²) < 4.78 is 44.7. The van der Waals surface area contributed by atoms with E-state index >= 15 is 0 Å². The van der Waals surface area contributed by atoms with Gasteiger partial charge in [0, 0.05) is 18.4 Å². The molecule has 162 valence electrons. The van der Waals surface area contributed by atoms with Crippen molar-refractivity contribution in [3.05, 3.63) is 95.3 Å². The van der Waals surface area contributed by atoms with Gasteiger partial charge >= 0.3 is 0 Å². The minimum absolute atomic E-state index is 0.0252. The first-order valence-corrected chi connectivity index (χ1v) is 11.3. The second-order valence-electron chi connectivity index (χ2n) is 7.01. The van der Waals surface area contributed by atoms with Crippen LogP contribution in [0.2, 0.25) is 0 Å². The van der Waals surface area contributed by atoms with Gasteiger partial charge in [0.05, 0.1) is 25.1 Å². The maximum atomic E-state index is 14.2. The van der Waals surface area contributed by atoms with Crippen LogP contribution in [0.1, 0.15) is 21.5 Å². The van der Waals surface area contributed by atoms with E-state index in [1.807, 2.05) is 18.2 Å². The Hall–Kier alpha value is -3.23. The summed E-state index contributed by atoms with van der Waals surface area (Å²) in [5.41, 5.74) is 2.59. The van der Waals surface area contributed by atoms with Gasteiger partial charge in [0.2, 0.25) is 10.0 Å². The number of sulfonamides is 1. The first-order chi connectivity index (χ1) is 14.8. The number of benzene rings is 3. The Morgan fingerprint density at radius 3 is 2.35 bits per heavy atom. The van der Waals surface area contributed by atoms with E-state index in [9.17, 15) is 17.6 Å². The number of para-hydroxylation sites is 1. The monoisotopic (exact) mass is 442 g/mol. The summed E-state index contributed by atoms with van der Waals surface area (Å²) in [4.78, 5) is 12.5. The highest BCUT2D eigenvalue weighted by molar-refractivity contribution is 7.92. The summed E-state index contributed by atoms with van der Waals surface area (Å²) in [6, 6.07) is 19.5. The van der Waals surface area contributed by atoms with Crippen molar-refractivity contribution in [2.24, 2.45) is 0 Å². The summed E-state index contributed by atoms with van der Waals surface area (Å²) in [6.07, 6.45) is 1.03. The molecule has 0 aromatic heterocycles. The number of carbonyl (C=O) groups excluding carboxylic acids is 1. The van der Waals surface area contributed by atoms with Crippen molar-refractivity contribution in [1.29, 1.82) is 0 Å². The Balaban J connectivity index is 1.75.